The van der Waals surface area contributed by atoms with E-state index in [0.29, 0.717) is 0 Å². The van der Waals surface area contributed by atoms with Gasteiger partial charge in [0.05, 0.1) is 11.4 Å². The van der Waals surface area contributed by atoms with Crippen LogP contribution in [0.1, 0.15) is 0 Å². The van der Waals surface area contributed by atoms with Crippen molar-refractivity contribution in [1.82, 2.24) is 9.97 Å². The van der Waals surface area contributed by atoms with Gasteiger partial charge in [-0.3, -0.25) is 9.97 Å². The van der Waals surface area contributed by atoms with Crippen LogP contribution in [0.3, 0.4) is 0 Å². The molecular formula is C22H16N2Pt. The Morgan fingerprint density at radius 2 is 1.32 bits per heavy atom. The number of hydrogen-bond acceptors (Lipinski definition) is 2. The van der Waals surface area contributed by atoms with Gasteiger partial charge in [0.15, 0.2) is 0 Å². The van der Waals surface area contributed by atoms with Gasteiger partial charge in [-0.2, -0.15) is 36.4 Å². The van der Waals surface area contributed by atoms with E-state index in [1.165, 1.54) is 0 Å². The van der Waals surface area contributed by atoms with E-state index < -0.39 is 0 Å². The van der Waals surface area contributed by atoms with Gasteiger partial charge < -0.3 is 0 Å². The molecule has 124 valence electrons. The first-order chi connectivity index (χ1) is 11.9. The van der Waals surface area contributed by atoms with E-state index >= 15 is 0 Å². The van der Waals surface area contributed by atoms with Gasteiger partial charge in [0.25, 0.3) is 0 Å². The Hall–Kier alpha value is -2.57. The van der Waals surface area contributed by atoms with Crippen molar-refractivity contribution in [2.24, 2.45) is 0 Å². The molecule has 4 aromatic rings. The molecule has 0 radical (unpaired) electrons. The molecule has 2 aromatic heterocycles. The van der Waals surface area contributed by atoms with Crippen LogP contribution in [0.5, 0.6) is 0 Å². The Morgan fingerprint density at radius 1 is 0.600 bits per heavy atom. The fourth-order valence-electron chi connectivity index (χ4n) is 2.14. The first-order valence-electron chi connectivity index (χ1n) is 7.70. The van der Waals surface area contributed by atoms with Crippen molar-refractivity contribution in [3.8, 4) is 22.6 Å². The van der Waals surface area contributed by atoms with Gasteiger partial charge in [-0.15, -0.1) is 35.9 Å². The van der Waals surface area contributed by atoms with Crippen LogP contribution in [-0.2, 0) is 21.1 Å². The van der Waals surface area contributed by atoms with Crippen LogP contribution in [0.2, 0.25) is 0 Å². The molecule has 2 heterocycles. The van der Waals surface area contributed by atoms with Crippen molar-refractivity contribution in [2.45, 2.75) is 0 Å². The van der Waals surface area contributed by atoms with Gasteiger partial charge in [-0.25, -0.2) is 0 Å². The fourth-order valence-corrected chi connectivity index (χ4v) is 2.14. The largest absolute Gasteiger partial charge is 2.00 e. The summed E-state index contributed by atoms with van der Waals surface area (Å²) in [5.41, 5.74) is 3.68. The second-order valence-electron chi connectivity index (χ2n) is 4.98. The Kier molecular flexibility index (Phi) is 7.75. The molecule has 0 aliphatic rings. The zero-order chi connectivity index (χ0) is 16.5. The van der Waals surface area contributed by atoms with Gasteiger partial charge in [0.2, 0.25) is 0 Å². The van der Waals surface area contributed by atoms with Crippen molar-refractivity contribution in [3.05, 3.63) is 109 Å². The molecule has 0 fully saturated rings. The second-order valence-corrected chi connectivity index (χ2v) is 4.98. The average molecular weight is 503 g/mol. The van der Waals surface area contributed by atoms with Crippen LogP contribution in [0.25, 0.3) is 22.6 Å². The van der Waals surface area contributed by atoms with E-state index in [4.69, 9.17) is 0 Å². The smallest absolute Gasteiger partial charge is 0.295 e. The molecule has 0 amide bonds. The van der Waals surface area contributed by atoms with Crippen molar-refractivity contribution < 1.29 is 21.1 Å². The molecule has 0 aliphatic carbocycles. The summed E-state index contributed by atoms with van der Waals surface area (Å²) in [4.78, 5) is 8.93. The molecule has 0 saturated carbocycles. The van der Waals surface area contributed by atoms with Crippen LogP contribution < -0.4 is 0 Å². The maximum absolute atomic E-state index is 4.62. The number of pyridine rings is 2. The van der Waals surface area contributed by atoms with E-state index in [1.54, 1.807) is 6.20 Å². The van der Waals surface area contributed by atoms with Crippen LogP contribution in [0.15, 0.2) is 97.2 Å². The van der Waals surface area contributed by atoms with Crippen LogP contribution in [0, 0.1) is 12.1 Å². The molecule has 0 atom stereocenters. The Balaban J connectivity index is 0.000000275. The maximum Gasteiger partial charge on any atom is 2.00 e. The zero-order valence-electron chi connectivity index (χ0n) is 13.4. The zero-order valence-corrected chi connectivity index (χ0v) is 15.7. The molecule has 25 heavy (non-hydrogen) atoms. The minimum atomic E-state index is 0. The van der Waals surface area contributed by atoms with E-state index in [-0.39, 0.29) is 21.1 Å². The molecule has 4 rings (SSSR count). The quantitative estimate of drug-likeness (QED) is 0.356. The summed E-state index contributed by atoms with van der Waals surface area (Å²) in [5.74, 6) is 0. The Labute approximate surface area is 162 Å². The molecule has 0 unspecified atom stereocenters. The van der Waals surface area contributed by atoms with Crippen molar-refractivity contribution in [3.63, 3.8) is 0 Å². The van der Waals surface area contributed by atoms with Gasteiger partial charge >= 0.3 is 21.1 Å². The number of aromatic nitrogens is 2. The third kappa shape index (κ3) is 5.77. The van der Waals surface area contributed by atoms with E-state index in [0.717, 1.165) is 22.6 Å². The topological polar surface area (TPSA) is 25.8 Å². The van der Waals surface area contributed by atoms with Gasteiger partial charge in [0.1, 0.15) is 0 Å². The van der Waals surface area contributed by atoms with Gasteiger partial charge in [-0.1, -0.05) is 18.2 Å². The predicted octanol–water partition coefficient (Wildman–Crippen LogP) is 5.10. The van der Waals surface area contributed by atoms with Crippen molar-refractivity contribution in [1.29, 1.82) is 0 Å². The van der Waals surface area contributed by atoms with Gasteiger partial charge in [0, 0.05) is 6.20 Å². The summed E-state index contributed by atoms with van der Waals surface area (Å²) in [6.07, 6.45) is 1.78. The SMILES string of the molecule is [Pt+2].[c-]1ccccc1.[c-]1ccccc1-c1cccc(-c2ccccn2)n1. The van der Waals surface area contributed by atoms with Crippen LogP contribution in [0.4, 0.5) is 0 Å². The monoisotopic (exact) mass is 503 g/mol. The minimum Gasteiger partial charge on any atom is -0.295 e. The molecule has 0 bridgehead atoms. The molecule has 0 saturated heterocycles. The van der Waals surface area contributed by atoms with Gasteiger partial charge in [-0.05, 0) is 23.9 Å². The summed E-state index contributed by atoms with van der Waals surface area (Å²) in [7, 11) is 0. The third-order valence-corrected chi connectivity index (χ3v) is 3.27. The number of hydrogen-bond donors (Lipinski definition) is 0. The summed E-state index contributed by atoms with van der Waals surface area (Å²) in [6.45, 7) is 0. The number of rotatable bonds is 2. The van der Waals surface area contributed by atoms with Crippen molar-refractivity contribution >= 4 is 0 Å². The van der Waals surface area contributed by atoms with E-state index in [9.17, 15) is 0 Å². The number of benzene rings is 2. The molecule has 2 aromatic carbocycles. The molecule has 0 spiro atoms. The Morgan fingerprint density at radius 3 is 1.92 bits per heavy atom. The molecule has 2 nitrogen and oxygen atoms in total. The molecule has 3 heteroatoms. The normalized spacial score (nSPS) is 9.28. The fraction of sp³-hybridized carbons (Fsp3) is 0. The summed E-state index contributed by atoms with van der Waals surface area (Å²) >= 11 is 0. The second kappa shape index (κ2) is 10.3. The van der Waals surface area contributed by atoms with Crippen molar-refractivity contribution in [2.75, 3.05) is 0 Å². The van der Waals surface area contributed by atoms with E-state index in [1.807, 2.05) is 91.0 Å². The van der Waals surface area contributed by atoms with Crippen LogP contribution >= 0.6 is 0 Å². The first-order valence-corrected chi connectivity index (χ1v) is 7.70. The third-order valence-electron chi connectivity index (χ3n) is 3.27. The molecular weight excluding hydrogens is 487 g/mol. The average Bonchev–Trinajstić information content (AvgIpc) is 2.71. The standard InChI is InChI=1S/C16H11N2.C6H5.Pt/c1-2-7-13(8-3-1)14-10-6-11-16(18-14)15-9-4-5-12-17-15;1-2-4-6-5-3-1;/h1-7,9-12H;1-5H;/q2*-1;+2. The molecule has 0 N–H and O–H groups in total. The predicted molar refractivity (Wildman–Crippen MR) is 97.0 cm³/mol. The number of nitrogens with zero attached hydrogens (tertiary/aromatic N) is 2. The summed E-state index contributed by atoms with van der Waals surface area (Å²) < 4.78 is 0. The minimum absolute atomic E-state index is 0. The Bertz CT molecular complexity index is 769. The maximum atomic E-state index is 4.62. The summed E-state index contributed by atoms with van der Waals surface area (Å²) in [6, 6.07) is 35.3. The first kappa shape index (κ1) is 18.8. The van der Waals surface area contributed by atoms with Crippen LogP contribution in [-0.4, -0.2) is 9.97 Å². The molecule has 0 aliphatic heterocycles. The van der Waals surface area contributed by atoms with E-state index in [2.05, 4.69) is 22.1 Å². The summed E-state index contributed by atoms with van der Waals surface area (Å²) in [5, 5.41) is 0.